The number of hydrogen-bond donors (Lipinski definition) is 2. The number of amides is 1. The van der Waals surface area contributed by atoms with Gasteiger partial charge in [0.25, 0.3) is 5.91 Å². The lowest BCUT2D eigenvalue weighted by Gasteiger charge is -2.10. The van der Waals surface area contributed by atoms with E-state index in [0.29, 0.717) is 17.1 Å². The number of methoxy groups -OCH3 is 1. The lowest BCUT2D eigenvalue weighted by Crippen LogP contribution is -2.13. The summed E-state index contributed by atoms with van der Waals surface area (Å²) in [4.78, 5) is 18.4. The van der Waals surface area contributed by atoms with E-state index in [9.17, 15) is 4.79 Å². The van der Waals surface area contributed by atoms with Crippen molar-refractivity contribution in [3.8, 4) is 5.75 Å². The van der Waals surface area contributed by atoms with Crippen LogP contribution in [-0.4, -0.2) is 23.0 Å². The zero-order valence-corrected chi connectivity index (χ0v) is 9.65. The minimum atomic E-state index is -0.244. The molecule has 1 heterocycles. The van der Waals surface area contributed by atoms with Crippen molar-refractivity contribution in [1.82, 2.24) is 9.97 Å². The maximum Gasteiger partial charge on any atom is 0.273 e. The second-order valence-corrected chi connectivity index (χ2v) is 3.62. The molecular formula is C12H13N3O2. The summed E-state index contributed by atoms with van der Waals surface area (Å²) < 4.78 is 5.18. The molecule has 0 aliphatic rings. The molecule has 0 atom stereocenters. The summed E-state index contributed by atoms with van der Waals surface area (Å²) in [6.45, 7) is 1.95. The monoisotopic (exact) mass is 231 g/mol. The zero-order valence-electron chi connectivity index (χ0n) is 9.65. The molecule has 88 valence electrons. The molecule has 0 fully saturated rings. The molecule has 17 heavy (non-hydrogen) atoms. The molecule has 5 nitrogen and oxygen atoms in total. The maximum absolute atomic E-state index is 11.8. The second-order valence-electron chi connectivity index (χ2n) is 3.62. The highest BCUT2D eigenvalue weighted by Gasteiger charge is 2.10. The molecule has 2 rings (SSSR count). The molecule has 1 aromatic heterocycles. The number of imidazole rings is 1. The van der Waals surface area contributed by atoms with Gasteiger partial charge in [0.05, 0.1) is 25.3 Å². The number of anilines is 1. The van der Waals surface area contributed by atoms with Crippen molar-refractivity contribution < 1.29 is 9.53 Å². The zero-order chi connectivity index (χ0) is 12.3. The lowest BCUT2D eigenvalue weighted by atomic mass is 10.2. The Bertz CT molecular complexity index is 521. The fourth-order valence-electron chi connectivity index (χ4n) is 1.49. The number of ether oxygens (including phenoxy) is 1. The van der Waals surface area contributed by atoms with Crippen molar-refractivity contribution in [3.05, 3.63) is 42.0 Å². The number of aryl methyl sites for hydroxylation is 1. The van der Waals surface area contributed by atoms with Crippen molar-refractivity contribution in [1.29, 1.82) is 0 Å². The van der Waals surface area contributed by atoms with Crippen LogP contribution < -0.4 is 10.1 Å². The lowest BCUT2D eigenvalue weighted by molar-refractivity contribution is 0.102. The Morgan fingerprint density at radius 2 is 2.29 bits per heavy atom. The SMILES string of the molecule is COc1ccc(C)cc1NC(=O)c1cnc[nH]1. The van der Waals surface area contributed by atoms with Crippen molar-refractivity contribution in [2.24, 2.45) is 0 Å². The van der Waals surface area contributed by atoms with Crippen molar-refractivity contribution in [2.45, 2.75) is 6.92 Å². The van der Waals surface area contributed by atoms with Gasteiger partial charge in [-0.25, -0.2) is 4.98 Å². The van der Waals surface area contributed by atoms with Crippen LogP contribution in [0, 0.1) is 6.92 Å². The number of hydrogen-bond acceptors (Lipinski definition) is 3. The van der Waals surface area contributed by atoms with Crippen LogP contribution in [0.5, 0.6) is 5.75 Å². The Labute approximate surface area is 98.8 Å². The van der Waals surface area contributed by atoms with Gasteiger partial charge in [-0.1, -0.05) is 6.07 Å². The molecule has 0 aliphatic heterocycles. The number of aromatic amines is 1. The first-order chi connectivity index (χ1) is 8.20. The summed E-state index contributed by atoms with van der Waals surface area (Å²) in [5.74, 6) is 0.384. The van der Waals surface area contributed by atoms with E-state index >= 15 is 0 Å². The van der Waals surface area contributed by atoms with E-state index in [-0.39, 0.29) is 5.91 Å². The highest BCUT2D eigenvalue weighted by molar-refractivity contribution is 6.03. The van der Waals surface area contributed by atoms with Gasteiger partial charge in [0.1, 0.15) is 11.4 Å². The van der Waals surface area contributed by atoms with Crippen LogP contribution in [0.4, 0.5) is 5.69 Å². The summed E-state index contributed by atoms with van der Waals surface area (Å²) in [7, 11) is 1.57. The first kappa shape index (κ1) is 11.2. The van der Waals surface area contributed by atoms with Gasteiger partial charge < -0.3 is 15.0 Å². The number of carbonyl (C=O) groups excluding carboxylic acids is 1. The van der Waals surface area contributed by atoms with Crippen molar-refractivity contribution in [3.63, 3.8) is 0 Å². The fourth-order valence-corrected chi connectivity index (χ4v) is 1.49. The van der Waals surface area contributed by atoms with Crippen LogP contribution in [-0.2, 0) is 0 Å². The molecule has 1 aromatic carbocycles. The molecule has 2 aromatic rings. The van der Waals surface area contributed by atoms with Gasteiger partial charge in [0.15, 0.2) is 0 Å². The standard InChI is InChI=1S/C12H13N3O2/c1-8-3-4-11(17-2)9(5-8)15-12(16)10-6-13-7-14-10/h3-7H,1-2H3,(H,13,14)(H,15,16). The summed E-state index contributed by atoms with van der Waals surface area (Å²) >= 11 is 0. The molecule has 2 N–H and O–H groups in total. The van der Waals surface area contributed by atoms with Gasteiger partial charge in [0.2, 0.25) is 0 Å². The van der Waals surface area contributed by atoms with E-state index in [1.807, 2.05) is 25.1 Å². The number of carbonyl (C=O) groups is 1. The van der Waals surface area contributed by atoms with E-state index in [0.717, 1.165) is 5.56 Å². The van der Waals surface area contributed by atoms with E-state index in [4.69, 9.17) is 4.74 Å². The van der Waals surface area contributed by atoms with E-state index in [1.165, 1.54) is 12.5 Å². The molecule has 0 spiro atoms. The maximum atomic E-state index is 11.8. The number of H-pyrrole nitrogens is 1. The largest absolute Gasteiger partial charge is 0.495 e. The molecule has 0 bridgehead atoms. The highest BCUT2D eigenvalue weighted by atomic mass is 16.5. The van der Waals surface area contributed by atoms with Crippen LogP contribution in [0.1, 0.15) is 16.1 Å². The minimum absolute atomic E-state index is 0.244. The van der Waals surface area contributed by atoms with Gasteiger partial charge in [-0.15, -0.1) is 0 Å². The van der Waals surface area contributed by atoms with Gasteiger partial charge in [-0.05, 0) is 24.6 Å². The van der Waals surface area contributed by atoms with Crippen LogP contribution in [0.25, 0.3) is 0 Å². The van der Waals surface area contributed by atoms with Gasteiger partial charge in [-0.3, -0.25) is 4.79 Å². The summed E-state index contributed by atoms with van der Waals surface area (Å²) in [5, 5.41) is 2.77. The molecule has 0 aliphatic carbocycles. The summed E-state index contributed by atoms with van der Waals surface area (Å²) in [6.07, 6.45) is 2.93. The van der Waals surface area contributed by atoms with E-state index < -0.39 is 0 Å². The smallest absolute Gasteiger partial charge is 0.273 e. The Morgan fingerprint density at radius 1 is 1.47 bits per heavy atom. The van der Waals surface area contributed by atoms with E-state index in [1.54, 1.807) is 7.11 Å². The first-order valence-electron chi connectivity index (χ1n) is 5.15. The number of nitrogens with zero attached hydrogens (tertiary/aromatic N) is 1. The van der Waals surface area contributed by atoms with Gasteiger partial charge in [-0.2, -0.15) is 0 Å². The van der Waals surface area contributed by atoms with Crippen LogP contribution in [0.15, 0.2) is 30.7 Å². The Hall–Kier alpha value is -2.30. The third-order valence-electron chi connectivity index (χ3n) is 2.35. The molecule has 0 radical (unpaired) electrons. The third kappa shape index (κ3) is 2.44. The molecule has 5 heteroatoms. The Kier molecular flexibility index (Phi) is 3.09. The van der Waals surface area contributed by atoms with Crippen LogP contribution in [0.3, 0.4) is 0 Å². The summed E-state index contributed by atoms with van der Waals surface area (Å²) in [6, 6.07) is 5.59. The van der Waals surface area contributed by atoms with Crippen LogP contribution in [0.2, 0.25) is 0 Å². The quantitative estimate of drug-likeness (QED) is 0.848. The number of nitrogens with one attached hydrogen (secondary N) is 2. The predicted molar refractivity (Wildman–Crippen MR) is 64.3 cm³/mol. The van der Waals surface area contributed by atoms with Gasteiger partial charge >= 0.3 is 0 Å². The van der Waals surface area contributed by atoms with Crippen molar-refractivity contribution >= 4 is 11.6 Å². The molecule has 0 saturated carbocycles. The highest BCUT2D eigenvalue weighted by Crippen LogP contribution is 2.25. The average Bonchev–Trinajstić information content (AvgIpc) is 2.83. The number of aromatic nitrogens is 2. The summed E-state index contributed by atoms with van der Waals surface area (Å²) in [5.41, 5.74) is 2.10. The Morgan fingerprint density at radius 3 is 2.94 bits per heavy atom. The Balaban J connectivity index is 2.23. The molecule has 0 saturated heterocycles. The van der Waals surface area contributed by atoms with Crippen LogP contribution >= 0.6 is 0 Å². The fraction of sp³-hybridized carbons (Fsp3) is 0.167. The topological polar surface area (TPSA) is 67.0 Å². The van der Waals surface area contributed by atoms with Crippen molar-refractivity contribution in [2.75, 3.05) is 12.4 Å². The third-order valence-corrected chi connectivity index (χ3v) is 2.35. The first-order valence-corrected chi connectivity index (χ1v) is 5.15. The minimum Gasteiger partial charge on any atom is -0.495 e. The molecular weight excluding hydrogens is 218 g/mol. The second kappa shape index (κ2) is 4.69. The van der Waals surface area contributed by atoms with E-state index in [2.05, 4.69) is 15.3 Å². The number of benzene rings is 1. The van der Waals surface area contributed by atoms with Gasteiger partial charge in [0, 0.05) is 0 Å². The average molecular weight is 231 g/mol. The predicted octanol–water partition coefficient (Wildman–Crippen LogP) is 1.98. The normalized spacial score (nSPS) is 10.0. The molecule has 1 amide bonds. The molecule has 0 unspecified atom stereocenters. The number of rotatable bonds is 3.